The van der Waals surface area contributed by atoms with Gasteiger partial charge in [0.15, 0.2) is 0 Å². The lowest BCUT2D eigenvalue weighted by Crippen LogP contribution is -2.43. The Bertz CT molecular complexity index is 238. The van der Waals surface area contributed by atoms with E-state index in [1.807, 2.05) is 0 Å². The molecule has 3 unspecified atom stereocenters. The molecular formula is C15H31N3. The molecule has 0 radical (unpaired) electrons. The molecule has 2 aliphatic rings. The summed E-state index contributed by atoms with van der Waals surface area (Å²) in [5, 5.41) is 0. The van der Waals surface area contributed by atoms with Crippen LogP contribution >= 0.6 is 0 Å². The van der Waals surface area contributed by atoms with Gasteiger partial charge in [-0.25, -0.2) is 0 Å². The SMILES string of the molecule is CC1CCC(N)C(CN(C)CCN2CCCC2)C1. The zero-order valence-electron chi connectivity index (χ0n) is 12.3. The molecule has 1 heterocycles. The minimum Gasteiger partial charge on any atom is -0.327 e. The zero-order chi connectivity index (χ0) is 13.0. The van der Waals surface area contributed by atoms with Crippen LogP contribution in [0.4, 0.5) is 0 Å². The Hall–Kier alpha value is -0.120. The molecule has 1 aliphatic carbocycles. The molecule has 1 saturated carbocycles. The second-order valence-electron chi connectivity index (χ2n) is 6.65. The van der Waals surface area contributed by atoms with Crippen LogP contribution in [0.15, 0.2) is 0 Å². The van der Waals surface area contributed by atoms with E-state index in [1.165, 1.54) is 64.8 Å². The fraction of sp³-hybridized carbons (Fsp3) is 1.00. The molecule has 0 bridgehead atoms. The van der Waals surface area contributed by atoms with Crippen molar-refractivity contribution >= 4 is 0 Å². The van der Waals surface area contributed by atoms with Gasteiger partial charge in [-0.05, 0) is 64.1 Å². The van der Waals surface area contributed by atoms with Crippen molar-refractivity contribution in [3.05, 3.63) is 0 Å². The molecule has 2 N–H and O–H groups in total. The van der Waals surface area contributed by atoms with Gasteiger partial charge in [0.1, 0.15) is 0 Å². The van der Waals surface area contributed by atoms with Crippen molar-refractivity contribution in [2.45, 2.75) is 45.1 Å². The Labute approximate surface area is 113 Å². The number of nitrogens with zero attached hydrogens (tertiary/aromatic N) is 2. The third kappa shape index (κ3) is 4.22. The van der Waals surface area contributed by atoms with Gasteiger partial charge in [0, 0.05) is 25.7 Å². The van der Waals surface area contributed by atoms with Crippen LogP contribution < -0.4 is 5.73 Å². The standard InChI is InChI=1S/C15H31N3/c1-13-5-6-15(16)14(11-13)12-17(2)9-10-18-7-3-4-8-18/h13-15H,3-12,16H2,1-2H3. The summed E-state index contributed by atoms with van der Waals surface area (Å²) >= 11 is 0. The zero-order valence-corrected chi connectivity index (χ0v) is 12.3. The second-order valence-corrected chi connectivity index (χ2v) is 6.65. The average molecular weight is 253 g/mol. The maximum absolute atomic E-state index is 6.27. The van der Waals surface area contributed by atoms with Crippen LogP contribution in [0.3, 0.4) is 0 Å². The van der Waals surface area contributed by atoms with E-state index < -0.39 is 0 Å². The third-order valence-corrected chi connectivity index (χ3v) is 4.85. The average Bonchev–Trinajstić information content (AvgIpc) is 2.84. The van der Waals surface area contributed by atoms with Crippen molar-refractivity contribution < 1.29 is 0 Å². The van der Waals surface area contributed by atoms with Crippen LogP contribution in [0, 0.1) is 11.8 Å². The lowest BCUT2D eigenvalue weighted by molar-refractivity contribution is 0.169. The predicted molar refractivity (Wildman–Crippen MR) is 77.7 cm³/mol. The van der Waals surface area contributed by atoms with E-state index in [4.69, 9.17) is 5.73 Å². The molecule has 106 valence electrons. The van der Waals surface area contributed by atoms with Crippen molar-refractivity contribution in [1.82, 2.24) is 9.80 Å². The molecule has 0 aromatic heterocycles. The largest absolute Gasteiger partial charge is 0.327 e. The van der Waals surface area contributed by atoms with Crippen molar-refractivity contribution in [2.24, 2.45) is 17.6 Å². The quantitative estimate of drug-likeness (QED) is 0.810. The maximum Gasteiger partial charge on any atom is 0.0109 e. The van der Waals surface area contributed by atoms with Crippen LogP contribution in [0.25, 0.3) is 0 Å². The highest BCUT2D eigenvalue weighted by Gasteiger charge is 2.26. The van der Waals surface area contributed by atoms with Crippen LogP contribution in [-0.4, -0.2) is 55.6 Å². The summed E-state index contributed by atoms with van der Waals surface area (Å²) in [6, 6.07) is 0.440. The molecule has 3 heteroatoms. The summed E-state index contributed by atoms with van der Waals surface area (Å²) in [6.45, 7) is 8.65. The van der Waals surface area contributed by atoms with Gasteiger partial charge in [-0.15, -0.1) is 0 Å². The second kappa shape index (κ2) is 6.88. The van der Waals surface area contributed by atoms with Gasteiger partial charge in [-0.1, -0.05) is 6.92 Å². The number of hydrogen-bond donors (Lipinski definition) is 1. The molecular weight excluding hydrogens is 222 g/mol. The molecule has 0 aromatic rings. The molecule has 2 rings (SSSR count). The molecule has 0 aromatic carbocycles. The molecule has 2 fully saturated rings. The van der Waals surface area contributed by atoms with Crippen LogP contribution in [0.5, 0.6) is 0 Å². The van der Waals surface area contributed by atoms with Gasteiger partial charge in [0.25, 0.3) is 0 Å². The van der Waals surface area contributed by atoms with Crippen LogP contribution in [-0.2, 0) is 0 Å². The van der Waals surface area contributed by atoms with Crippen molar-refractivity contribution in [3.63, 3.8) is 0 Å². The molecule has 3 nitrogen and oxygen atoms in total. The summed E-state index contributed by atoms with van der Waals surface area (Å²) < 4.78 is 0. The number of nitrogens with two attached hydrogens (primary N) is 1. The van der Waals surface area contributed by atoms with Gasteiger partial charge in [-0.3, -0.25) is 0 Å². The summed E-state index contributed by atoms with van der Waals surface area (Å²) in [7, 11) is 2.27. The smallest absolute Gasteiger partial charge is 0.0109 e. The first-order valence-corrected chi connectivity index (χ1v) is 7.81. The van der Waals surface area contributed by atoms with Crippen molar-refractivity contribution in [1.29, 1.82) is 0 Å². The van der Waals surface area contributed by atoms with Gasteiger partial charge >= 0.3 is 0 Å². The number of likely N-dealkylation sites (N-methyl/N-ethyl adjacent to an activating group) is 1. The van der Waals surface area contributed by atoms with Gasteiger partial charge in [-0.2, -0.15) is 0 Å². The Balaban J connectivity index is 1.67. The third-order valence-electron chi connectivity index (χ3n) is 4.85. The Morgan fingerprint density at radius 2 is 1.94 bits per heavy atom. The molecule has 1 saturated heterocycles. The topological polar surface area (TPSA) is 32.5 Å². The monoisotopic (exact) mass is 253 g/mol. The van der Waals surface area contributed by atoms with E-state index >= 15 is 0 Å². The fourth-order valence-corrected chi connectivity index (χ4v) is 3.54. The van der Waals surface area contributed by atoms with E-state index in [9.17, 15) is 0 Å². The van der Waals surface area contributed by atoms with E-state index in [-0.39, 0.29) is 0 Å². The van der Waals surface area contributed by atoms with E-state index in [1.54, 1.807) is 0 Å². The van der Waals surface area contributed by atoms with Gasteiger partial charge < -0.3 is 15.5 Å². The highest BCUT2D eigenvalue weighted by atomic mass is 15.2. The minimum absolute atomic E-state index is 0.440. The van der Waals surface area contributed by atoms with Gasteiger partial charge in [0.2, 0.25) is 0 Å². The highest BCUT2D eigenvalue weighted by molar-refractivity contribution is 4.83. The first-order chi connectivity index (χ1) is 8.65. The lowest BCUT2D eigenvalue weighted by Gasteiger charge is -2.35. The number of rotatable bonds is 5. The molecule has 18 heavy (non-hydrogen) atoms. The number of likely N-dealkylation sites (tertiary alicyclic amines) is 1. The summed E-state index contributed by atoms with van der Waals surface area (Å²) in [5.41, 5.74) is 6.27. The van der Waals surface area contributed by atoms with Crippen LogP contribution in [0.2, 0.25) is 0 Å². The molecule has 0 spiro atoms. The van der Waals surface area contributed by atoms with Crippen molar-refractivity contribution in [3.8, 4) is 0 Å². The molecule has 3 atom stereocenters. The Morgan fingerprint density at radius 3 is 2.67 bits per heavy atom. The highest BCUT2D eigenvalue weighted by Crippen LogP contribution is 2.28. The first-order valence-electron chi connectivity index (χ1n) is 7.81. The predicted octanol–water partition coefficient (Wildman–Crippen LogP) is 1.78. The van der Waals surface area contributed by atoms with Crippen LogP contribution in [0.1, 0.15) is 39.0 Å². The Kier molecular flexibility index (Phi) is 5.46. The Morgan fingerprint density at radius 1 is 1.22 bits per heavy atom. The molecule has 1 aliphatic heterocycles. The minimum atomic E-state index is 0.440. The lowest BCUT2D eigenvalue weighted by atomic mass is 9.79. The maximum atomic E-state index is 6.27. The summed E-state index contributed by atoms with van der Waals surface area (Å²) in [5.74, 6) is 1.60. The van der Waals surface area contributed by atoms with E-state index in [0.717, 1.165) is 11.8 Å². The number of hydrogen-bond acceptors (Lipinski definition) is 3. The normalized spacial score (nSPS) is 34.3. The van der Waals surface area contributed by atoms with Gasteiger partial charge in [0.05, 0.1) is 0 Å². The van der Waals surface area contributed by atoms with E-state index in [0.29, 0.717) is 6.04 Å². The summed E-state index contributed by atoms with van der Waals surface area (Å²) in [6.07, 6.45) is 6.68. The van der Waals surface area contributed by atoms with E-state index in [2.05, 4.69) is 23.8 Å². The fourth-order valence-electron chi connectivity index (χ4n) is 3.54. The van der Waals surface area contributed by atoms with Crippen molar-refractivity contribution in [2.75, 3.05) is 39.8 Å². The molecule has 0 amide bonds. The summed E-state index contributed by atoms with van der Waals surface area (Å²) in [4.78, 5) is 5.10. The first kappa shape index (κ1) is 14.3.